The average molecular weight is 275 g/mol. The van der Waals surface area contributed by atoms with Gasteiger partial charge in [0.15, 0.2) is 0 Å². The molecule has 0 bridgehead atoms. The normalized spacial score (nSPS) is 12.1. The standard InChI is InChI=1S/C14H17N3OS/c1-9(13-4-3-7-19-13)17(2)12-6-5-10(14(16)18)8-11(12)15/h3-9H,15H2,1-2H3,(H2,16,18). The Balaban J connectivity index is 2.29. The lowest BCUT2D eigenvalue weighted by Crippen LogP contribution is -2.22. The predicted molar refractivity (Wildman–Crippen MR) is 80.5 cm³/mol. The number of nitrogens with two attached hydrogens (primary N) is 2. The van der Waals surface area contributed by atoms with Gasteiger partial charge in [0.2, 0.25) is 5.91 Å². The van der Waals surface area contributed by atoms with Crippen LogP contribution in [-0.2, 0) is 0 Å². The van der Waals surface area contributed by atoms with Gasteiger partial charge in [-0.15, -0.1) is 11.3 Å². The predicted octanol–water partition coefficient (Wildman–Crippen LogP) is 2.63. The van der Waals surface area contributed by atoms with Gasteiger partial charge < -0.3 is 16.4 Å². The van der Waals surface area contributed by atoms with Gasteiger partial charge in [-0.05, 0) is 36.6 Å². The molecule has 5 heteroatoms. The zero-order valence-corrected chi connectivity index (χ0v) is 11.8. The highest BCUT2D eigenvalue weighted by molar-refractivity contribution is 7.10. The zero-order chi connectivity index (χ0) is 14.0. The summed E-state index contributed by atoms with van der Waals surface area (Å²) >= 11 is 1.71. The molecular weight excluding hydrogens is 258 g/mol. The highest BCUT2D eigenvalue weighted by Crippen LogP contribution is 2.32. The minimum atomic E-state index is -0.466. The third-order valence-corrected chi connectivity index (χ3v) is 4.27. The highest BCUT2D eigenvalue weighted by Gasteiger charge is 2.16. The maximum absolute atomic E-state index is 11.1. The van der Waals surface area contributed by atoms with E-state index in [9.17, 15) is 4.79 Å². The molecule has 1 atom stereocenters. The van der Waals surface area contributed by atoms with Crippen LogP contribution in [-0.4, -0.2) is 13.0 Å². The highest BCUT2D eigenvalue weighted by atomic mass is 32.1. The fraction of sp³-hybridized carbons (Fsp3) is 0.214. The van der Waals surface area contributed by atoms with Crippen LogP contribution >= 0.6 is 11.3 Å². The fourth-order valence-electron chi connectivity index (χ4n) is 1.96. The van der Waals surface area contributed by atoms with Gasteiger partial charge in [-0.1, -0.05) is 6.07 Å². The molecule has 0 spiro atoms. The van der Waals surface area contributed by atoms with Crippen LogP contribution in [0.3, 0.4) is 0 Å². The first-order valence-corrected chi connectivity index (χ1v) is 6.84. The molecule has 4 nitrogen and oxygen atoms in total. The van der Waals surface area contributed by atoms with E-state index in [2.05, 4.69) is 23.3 Å². The molecule has 0 aliphatic heterocycles. The van der Waals surface area contributed by atoms with Crippen molar-refractivity contribution in [1.29, 1.82) is 0 Å². The van der Waals surface area contributed by atoms with E-state index in [1.165, 1.54) is 4.88 Å². The van der Waals surface area contributed by atoms with E-state index in [0.717, 1.165) is 5.69 Å². The molecule has 1 heterocycles. The van der Waals surface area contributed by atoms with Gasteiger partial charge in [0.25, 0.3) is 0 Å². The summed E-state index contributed by atoms with van der Waals surface area (Å²) in [6.45, 7) is 2.12. The summed E-state index contributed by atoms with van der Waals surface area (Å²) in [5.74, 6) is -0.466. The average Bonchev–Trinajstić information content (AvgIpc) is 2.90. The van der Waals surface area contributed by atoms with Gasteiger partial charge in [-0.25, -0.2) is 0 Å². The number of primary amides is 1. The monoisotopic (exact) mass is 275 g/mol. The Morgan fingerprint density at radius 1 is 1.37 bits per heavy atom. The van der Waals surface area contributed by atoms with E-state index in [4.69, 9.17) is 11.5 Å². The molecule has 2 aromatic rings. The topological polar surface area (TPSA) is 72.3 Å². The maximum Gasteiger partial charge on any atom is 0.248 e. The van der Waals surface area contributed by atoms with E-state index in [-0.39, 0.29) is 6.04 Å². The minimum Gasteiger partial charge on any atom is -0.397 e. The van der Waals surface area contributed by atoms with Crippen LogP contribution in [0.4, 0.5) is 11.4 Å². The maximum atomic E-state index is 11.1. The van der Waals surface area contributed by atoms with Crippen molar-refractivity contribution >= 4 is 28.6 Å². The van der Waals surface area contributed by atoms with Crippen molar-refractivity contribution in [1.82, 2.24) is 0 Å². The van der Waals surface area contributed by atoms with E-state index in [0.29, 0.717) is 11.3 Å². The third kappa shape index (κ3) is 2.71. The summed E-state index contributed by atoms with van der Waals surface area (Å²) in [5, 5.41) is 2.05. The van der Waals surface area contributed by atoms with E-state index in [1.807, 2.05) is 19.2 Å². The lowest BCUT2D eigenvalue weighted by Gasteiger charge is -2.27. The number of anilines is 2. The fourth-order valence-corrected chi connectivity index (χ4v) is 2.78. The number of carbonyl (C=O) groups is 1. The summed E-state index contributed by atoms with van der Waals surface area (Å²) in [4.78, 5) is 14.5. The van der Waals surface area contributed by atoms with Gasteiger partial charge in [0.1, 0.15) is 0 Å². The van der Waals surface area contributed by atoms with Crippen LogP contribution in [0, 0.1) is 0 Å². The molecule has 0 saturated carbocycles. The van der Waals surface area contributed by atoms with Crippen LogP contribution in [0.2, 0.25) is 0 Å². The van der Waals surface area contributed by atoms with Crippen molar-refractivity contribution in [3.63, 3.8) is 0 Å². The first-order chi connectivity index (χ1) is 9.00. The molecule has 1 aromatic heterocycles. The summed E-state index contributed by atoms with van der Waals surface area (Å²) in [6, 6.07) is 9.51. The Morgan fingerprint density at radius 3 is 2.63 bits per heavy atom. The molecule has 2 rings (SSSR count). The van der Waals surface area contributed by atoms with Crippen molar-refractivity contribution in [3.8, 4) is 0 Å². The first-order valence-electron chi connectivity index (χ1n) is 5.96. The Hall–Kier alpha value is -2.01. The van der Waals surface area contributed by atoms with E-state index >= 15 is 0 Å². The number of nitrogens with zero attached hydrogens (tertiary/aromatic N) is 1. The van der Waals surface area contributed by atoms with Crippen LogP contribution < -0.4 is 16.4 Å². The van der Waals surface area contributed by atoms with Crippen molar-refractivity contribution in [2.75, 3.05) is 17.7 Å². The molecule has 100 valence electrons. The number of hydrogen-bond acceptors (Lipinski definition) is 4. The second-order valence-corrected chi connectivity index (χ2v) is 5.42. The van der Waals surface area contributed by atoms with Gasteiger partial charge in [0, 0.05) is 17.5 Å². The Bertz CT molecular complexity index is 580. The molecule has 19 heavy (non-hydrogen) atoms. The molecule has 0 aliphatic rings. The molecule has 1 amide bonds. The van der Waals surface area contributed by atoms with Gasteiger partial charge in [-0.2, -0.15) is 0 Å². The number of thiophene rings is 1. The van der Waals surface area contributed by atoms with Crippen molar-refractivity contribution in [2.24, 2.45) is 5.73 Å². The second-order valence-electron chi connectivity index (χ2n) is 4.44. The molecule has 0 fully saturated rings. The number of benzene rings is 1. The number of carbonyl (C=O) groups excluding carboxylic acids is 1. The quantitative estimate of drug-likeness (QED) is 0.842. The number of amides is 1. The van der Waals surface area contributed by atoms with Gasteiger partial charge >= 0.3 is 0 Å². The van der Waals surface area contributed by atoms with Crippen LogP contribution in [0.25, 0.3) is 0 Å². The van der Waals surface area contributed by atoms with Gasteiger partial charge in [0.05, 0.1) is 17.4 Å². The number of nitrogen functional groups attached to an aromatic ring is 1. The molecule has 0 saturated heterocycles. The summed E-state index contributed by atoms with van der Waals surface area (Å²) in [5.41, 5.74) is 13.1. The van der Waals surface area contributed by atoms with E-state index in [1.54, 1.807) is 23.5 Å². The third-order valence-electron chi connectivity index (χ3n) is 3.23. The largest absolute Gasteiger partial charge is 0.397 e. The summed E-state index contributed by atoms with van der Waals surface area (Å²) < 4.78 is 0. The van der Waals surface area contributed by atoms with Crippen molar-refractivity contribution < 1.29 is 4.79 Å². The summed E-state index contributed by atoms with van der Waals surface area (Å²) in [7, 11) is 1.99. The van der Waals surface area contributed by atoms with Crippen LogP contribution in [0.5, 0.6) is 0 Å². The first kappa shape index (κ1) is 13.4. The molecule has 1 unspecified atom stereocenters. The SMILES string of the molecule is CC(c1cccs1)N(C)c1ccc(C(N)=O)cc1N. The molecule has 4 N–H and O–H groups in total. The molecule has 0 radical (unpaired) electrons. The number of hydrogen-bond donors (Lipinski definition) is 2. The van der Waals surface area contributed by atoms with Crippen LogP contribution in [0.15, 0.2) is 35.7 Å². The Labute approximate surface area is 116 Å². The molecule has 0 aliphatic carbocycles. The lowest BCUT2D eigenvalue weighted by atomic mass is 10.1. The lowest BCUT2D eigenvalue weighted by molar-refractivity contribution is 0.100. The van der Waals surface area contributed by atoms with Gasteiger partial charge in [-0.3, -0.25) is 4.79 Å². The molecular formula is C14H17N3OS. The second kappa shape index (κ2) is 5.32. The van der Waals surface area contributed by atoms with Crippen LogP contribution in [0.1, 0.15) is 28.2 Å². The van der Waals surface area contributed by atoms with Crippen molar-refractivity contribution in [3.05, 3.63) is 46.2 Å². The molecule has 1 aromatic carbocycles. The zero-order valence-electron chi connectivity index (χ0n) is 11.0. The van der Waals surface area contributed by atoms with E-state index < -0.39 is 5.91 Å². The van der Waals surface area contributed by atoms with Crippen molar-refractivity contribution in [2.45, 2.75) is 13.0 Å². The Kier molecular flexibility index (Phi) is 3.76. The minimum absolute atomic E-state index is 0.224. The Morgan fingerprint density at radius 2 is 2.11 bits per heavy atom. The number of rotatable bonds is 4. The smallest absolute Gasteiger partial charge is 0.248 e. The summed E-state index contributed by atoms with van der Waals surface area (Å²) in [6.07, 6.45) is 0.